The van der Waals surface area contributed by atoms with Gasteiger partial charge in [-0.2, -0.15) is 0 Å². The minimum absolute atomic E-state index is 0. The van der Waals surface area contributed by atoms with E-state index >= 15 is 0 Å². The van der Waals surface area contributed by atoms with Crippen molar-refractivity contribution >= 4 is 47.0 Å². The van der Waals surface area contributed by atoms with Crippen LogP contribution in [0.4, 0.5) is 4.79 Å². The minimum Gasteiger partial charge on any atom is -0.276 e. The van der Waals surface area contributed by atoms with Crippen molar-refractivity contribution in [1.82, 2.24) is 0 Å². The van der Waals surface area contributed by atoms with E-state index in [1.165, 1.54) is 0 Å². The van der Waals surface area contributed by atoms with Gasteiger partial charge >= 0.3 is 0 Å². The van der Waals surface area contributed by atoms with Crippen LogP contribution in [0.2, 0.25) is 0 Å². The van der Waals surface area contributed by atoms with E-state index in [9.17, 15) is 4.79 Å². The predicted octanol–water partition coefficient (Wildman–Crippen LogP) is 1.97. The van der Waals surface area contributed by atoms with E-state index in [1.54, 1.807) is 45.2 Å². The summed E-state index contributed by atoms with van der Waals surface area (Å²) in [6.07, 6.45) is 0. The molecule has 0 aromatic carbocycles. The van der Waals surface area contributed by atoms with E-state index in [2.05, 4.69) is 0 Å². The summed E-state index contributed by atoms with van der Waals surface area (Å²) in [5, 5.41) is 0. The molecule has 0 aliphatic heterocycles. The summed E-state index contributed by atoms with van der Waals surface area (Å²) in [4.78, 5) is 9.42. The maximum Gasteiger partial charge on any atom is 0.251 e. The molecular weight excluding hydrogens is 468 g/mol. The number of carbonyl (C=O) groups excluding carboxylic acids is 1. The molecule has 0 heterocycles. The number of hydrogen-bond donors (Lipinski definition) is 0. The molecule has 31 valence electrons. The van der Waals surface area contributed by atoms with Crippen molar-refractivity contribution in [2.24, 2.45) is 0 Å². The molecule has 0 fully saturated rings. The van der Waals surface area contributed by atoms with Crippen molar-refractivity contribution in [3.63, 3.8) is 0 Å². The normalized spacial score (nSPS) is 5.20. The monoisotopic (exact) mass is 469 g/mol. The van der Waals surface area contributed by atoms with Gasteiger partial charge in [0.1, 0.15) is 0 Å². The second kappa shape index (κ2) is 5.79. The van der Waals surface area contributed by atoms with Gasteiger partial charge < -0.3 is 0 Å². The molecule has 0 atom stereocenters. The first-order valence-electron chi connectivity index (χ1n) is 0.582. The predicted molar refractivity (Wildman–Crippen MR) is 33.4 cm³/mol. The Morgan fingerprint density at radius 1 is 1.40 bits per heavy atom. The fraction of sp³-hybridized carbons (Fsp3) is 0. The quantitative estimate of drug-likeness (QED) is 0.393. The van der Waals surface area contributed by atoms with Gasteiger partial charge in [-0.15, -0.1) is 0 Å². The fourth-order valence-electron chi connectivity index (χ4n) is 0. The van der Waals surface area contributed by atoms with Crippen LogP contribution in [-0.2, 0) is 20.4 Å². The van der Waals surface area contributed by atoms with Crippen molar-refractivity contribution in [3.05, 3.63) is 0 Å². The molecule has 1 nitrogen and oxygen atoms in total. The number of rotatable bonds is 0. The van der Waals surface area contributed by atoms with Crippen LogP contribution in [0.15, 0.2) is 0 Å². The summed E-state index contributed by atoms with van der Waals surface area (Å²) in [6, 6.07) is 0. The molecule has 0 saturated carbocycles. The maximum atomic E-state index is 9.42. The standard InChI is InChI=1S/CI2O.Re/c2-1(3)4;. The van der Waals surface area contributed by atoms with Gasteiger partial charge in [0, 0.05) is 65.6 Å². The van der Waals surface area contributed by atoms with Crippen LogP contribution < -0.4 is 0 Å². The van der Waals surface area contributed by atoms with E-state index in [4.69, 9.17) is 0 Å². The molecule has 0 rings (SSSR count). The van der Waals surface area contributed by atoms with E-state index in [-0.39, 0.29) is 22.2 Å². The second-order valence-electron chi connectivity index (χ2n) is 0.226. The largest absolute Gasteiger partial charge is 0.276 e. The zero-order valence-corrected chi connectivity index (χ0v) is 9.07. The first kappa shape index (κ1) is 9.92. The van der Waals surface area contributed by atoms with Gasteiger partial charge in [0.15, 0.2) is 0 Å². The second-order valence-corrected chi connectivity index (χ2v) is 4.25. The molecular formula is CI2ORe. The Balaban J connectivity index is 0. The van der Waals surface area contributed by atoms with Gasteiger partial charge in [-0.05, 0) is 0 Å². The zero-order valence-electron chi connectivity index (χ0n) is 2.04. The molecule has 0 amide bonds. The molecule has 0 aromatic rings. The van der Waals surface area contributed by atoms with Crippen molar-refractivity contribution in [1.29, 1.82) is 0 Å². The fourth-order valence-corrected chi connectivity index (χ4v) is 0. The van der Waals surface area contributed by atoms with Crippen LogP contribution >= 0.6 is 45.2 Å². The molecule has 1 radical (unpaired) electrons. The molecule has 4 heteroatoms. The molecule has 0 unspecified atom stereocenters. The van der Waals surface area contributed by atoms with Gasteiger partial charge in [-0.1, -0.05) is 0 Å². The van der Waals surface area contributed by atoms with Gasteiger partial charge in [0.2, 0.25) is 0 Å². The molecule has 0 saturated heterocycles. The smallest absolute Gasteiger partial charge is 0.251 e. The van der Waals surface area contributed by atoms with Crippen LogP contribution in [0.25, 0.3) is 0 Å². The molecule has 0 bridgehead atoms. The Labute approximate surface area is 71.2 Å². The average Bonchev–Trinajstić information content (AvgIpc) is 0.811. The Bertz CT molecular complexity index is 32.6. The molecule has 0 spiro atoms. The third-order valence-corrected chi connectivity index (χ3v) is 0. The molecule has 0 aliphatic carbocycles. The zero-order chi connectivity index (χ0) is 3.58. The van der Waals surface area contributed by atoms with Crippen LogP contribution in [0.1, 0.15) is 0 Å². The van der Waals surface area contributed by atoms with E-state index in [0.717, 1.165) is 0 Å². The van der Waals surface area contributed by atoms with E-state index in [1.807, 2.05) is 0 Å². The van der Waals surface area contributed by atoms with Gasteiger partial charge in [-0.3, -0.25) is 4.79 Å². The number of halogens is 2. The number of hydrogen-bond acceptors (Lipinski definition) is 1. The van der Waals surface area contributed by atoms with E-state index in [0.29, 0.717) is 0 Å². The topological polar surface area (TPSA) is 17.1 Å². The van der Waals surface area contributed by atoms with Crippen LogP contribution in [0.5, 0.6) is 0 Å². The summed E-state index contributed by atoms with van der Waals surface area (Å²) in [7, 11) is 0. The van der Waals surface area contributed by atoms with E-state index < -0.39 is 0 Å². The summed E-state index contributed by atoms with van der Waals surface area (Å²) >= 11 is 3.38. The van der Waals surface area contributed by atoms with Crippen molar-refractivity contribution in [3.8, 4) is 0 Å². The third-order valence-electron chi connectivity index (χ3n) is 0. The number of carbonyl (C=O) groups is 1. The van der Waals surface area contributed by atoms with Crippen molar-refractivity contribution in [2.75, 3.05) is 0 Å². The van der Waals surface area contributed by atoms with Gasteiger partial charge in [0.05, 0.1) is 0 Å². The summed E-state index contributed by atoms with van der Waals surface area (Å²) in [5.74, 6) is 0. The summed E-state index contributed by atoms with van der Waals surface area (Å²) in [6.45, 7) is 0. The van der Waals surface area contributed by atoms with Gasteiger partial charge in [0.25, 0.3) is 1.80 Å². The Morgan fingerprint density at radius 2 is 1.40 bits per heavy atom. The van der Waals surface area contributed by atoms with Crippen LogP contribution in [0, 0.1) is 0 Å². The minimum atomic E-state index is 0. The van der Waals surface area contributed by atoms with Gasteiger partial charge in [-0.25, -0.2) is 0 Å². The van der Waals surface area contributed by atoms with Crippen molar-refractivity contribution in [2.45, 2.75) is 0 Å². The van der Waals surface area contributed by atoms with Crippen LogP contribution in [0.3, 0.4) is 0 Å². The average molecular weight is 468 g/mol. The van der Waals surface area contributed by atoms with Crippen LogP contribution in [-0.4, -0.2) is 1.80 Å². The SMILES string of the molecule is O=C(I)I.[Re]. The molecule has 0 aromatic heterocycles. The molecule has 0 aliphatic rings. The Hall–Kier alpha value is 1.79. The summed E-state index contributed by atoms with van der Waals surface area (Å²) in [5.41, 5.74) is 0. The molecule has 5 heavy (non-hydrogen) atoms. The summed E-state index contributed by atoms with van der Waals surface area (Å²) < 4.78 is 0.107. The Morgan fingerprint density at radius 3 is 1.40 bits per heavy atom. The first-order valence-corrected chi connectivity index (χ1v) is 2.74. The third kappa shape index (κ3) is 25.9. The molecule has 0 N–H and O–H groups in total. The Kier molecular flexibility index (Phi) is 11.5. The maximum absolute atomic E-state index is 9.42. The first-order chi connectivity index (χ1) is 1.73. The van der Waals surface area contributed by atoms with Crippen molar-refractivity contribution < 1.29 is 25.2 Å².